The molecule has 0 aliphatic carbocycles. The predicted octanol–water partition coefficient (Wildman–Crippen LogP) is 3.17. The van der Waals surface area contributed by atoms with Gasteiger partial charge in [0, 0.05) is 16.6 Å². The number of hydrogen-bond acceptors (Lipinski definition) is 3. The van der Waals surface area contributed by atoms with Crippen LogP contribution < -0.4 is 10.1 Å². The Balaban J connectivity index is 3.09. The first-order chi connectivity index (χ1) is 9.51. The topological polar surface area (TPSA) is 62.1 Å². The van der Waals surface area contributed by atoms with Crippen molar-refractivity contribution in [3.8, 4) is 11.8 Å². The van der Waals surface area contributed by atoms with Crippen molar-refractivity contribution >= 4 is 23.6 Å². The lowest BCUT2D eigenvalue weighted by molar-refractivity contribution is -0.117. The van der Waals surface area contributed by atoms with Crippen LogP contribution in [0.1, 0.15) is 25.8 Å². The average Bonchev–Trinajstić information content (AvgIpc) is 2.44. The van der Waals surface area contributed by atoms with Crippen molar-refractivity contribution in [1.82, 2.24) is 5.32 Å². The maximum atomic E-state index is 12.0. The lowest BCUT2D eigenvalue weighted by atomic mass is 10.1. The van der Waals surface area contributed by atoms with Crippen molar-refractivity contribution in [3.63, 3.8) is 0 Å². The summed E-state index contributed by atoms with van der Waals surface area (Å²) >= 11 is 5.92. The number of rotatable bonds is 5. The highest BCUT2D eigenvalue weighted by atomic mass is 35.5. The molecule has 20 heavy (non-hydrogen) atoms. The van der Waals surface area contributed by atoms with E-state index < -0.39 is 5.91 Å². The third kappa shape index (κ3) is 4.29. The summed E-state index contributed by atoms with van der Waals surface area (Å²) < 4.78 is 5.18. The summed E-state index contributed by atoms with van der Waals surface area (Å²) in [4.78, 5) is 12.0. The van der Waals surface area contributed by atoms with E-state index in [-0.39, 0.29) is 11.6 Å². The van der Waals surface area contributed by atoms with E-state index >= 15 is 0 Å². The largest absolute Gasteiger partial charge is 0.496 e. The molecule has 4 nitrogen and oxygen atoms in total. The van der Waals surface area contributed by atoms with Crippen LogP contribution in [-0.2, 0) is 4.79 Å². The zero-order valence-corrected chi connectivity index (χ0v) is 12.5. The number of benzene rings is 1. The summed E-state index contributed by atoms with van der Waals surface area (Å²) in [5, 5.41) is 12.4. The Hall–Kier alpha value is -1.99. The van der Waals surface area contributed by atoms with Gasteiger partial charge >= 0.3 is 0 Å². The second-order valence-corrected chi connectivity index (χ2v) is 4.78. The summed E-state index contributed by atoms with van der Waals surface area (Å²) in [7, 11) is 1.52. The standard InChI is InChI=1S/C15H17ClN2O2/c1-4-10(2)18-15(19)12(9-17)7-11-8-13(16)5-6-14(11)20-3/h5-8,10H,4H2,1-3H3,(H,18,19)/b12-7+/t10-/m0/s1. The lowest BCUT2D eigenvalue weighted by Gasteiger charge is -2.11. The van der Waals surface area contributed by atoms with Crippen LogP contribution in [-0.4, -0.2) is 19.1 Å². The van der Waals surface area contributed by atoms with Crippen LogP contribution in [0.25, 0.3) is 6.08 Å². The SMILES string of the molecule is CC[C@H](C)NC(=O)/C(C#N)=C/c1cc(Cl)ccc1OC. The highest BCUT2D eigenvalue weighted by molar-refractivity contribution is 6.30. The van der Waals surface area contributed by atoms with Crippen LogP contribution >= 0.6 is 11.6 Å². The summed E-state index contributed by atoms with van der Waals surface area (Å²) in [5.74, 6) is 0.155. The van der Waals surface area contributed by atoms with Gasteiger partial charge in [0.2, 0.25) is 0 Å². The zero-order chi connectivity index (χ0) is 15.1. The van der Waals surface area contributed by atoms with E-state index in [9.17, 15) is 4.79 Å². The molecular formula is C15H17ClN2O2. The molecule has 0 aliphatic heterocycles. The van der Waals surface area contributed by atoms with E-state index in [0.29, 0.717) is 16.3 Å². The minimum atomic E-state index is -0.399. The number of amides is 1. The number of carbonyl (C=O) groups is 1. The summed E-state index contributed by atoms with van der Waals surface area (Å²) in [5.41, 5.74) is 0.613. The Kier molecular flexibility index (Phi) is 6.08. The van der Waals surface area contributed by atoms with Gasteiger partial charge in [-0.2, -0.15) is 5.26 Å². The van der Waals surface area contributed by atoms with Crippen molar-refractivity contribution in [2.24, 2.45) is 0 Å². The highest BCUT2D eigenvalue weighted by Gasteiger charge is 2.12. The maximum absolute atomic E-state index is 12.0. The third-order valence-corrected chi connectivity index (χ3v) is 3.08. The molecule has 0 saturated heterocycles. The molecule has 5 heteroatoms. The van der Waals surface area contributed by atoms with E-state index in [4.69, 9.17) is 21.6 Å². The van der Waals surface area contributed by atoms with Gasteiger partial charge < -0.3 is 10.1 Å². The quantitative estimate of drug-likeness (QED) is 0.670. The third-order valence-electron chi connectivity index (χ3n) is 2.85. The minimum absolute atomic E-state index is 0.0144. The van der Waals surface area contributed by atoms with E-state index in [2.05, 4.69) is 5.32 Å². The molecule has 1 N–H and O–H groups in total. The molecule has 0 spiro atoms. The second-order valence-electron chi connectivity index (χ2n) is 4.34. The van der Waals surface area contributed by atoms with Gasteiger partial charge in [-0.15, -0.1) is 0 Å². The number of methoxy groups -OCH3 is 1. The van der Waals surface area contributed by atoms with Gasteiger partial charge in [-0.3, -0.25) is 4.79 Å². The highest BCUT2D eigenvalue weighted by Crippen LogP contribution is 2.24. The molecule has 106 valence electrons. The maximum Gasteiger partial charge on any atom is 0.262 e. The fraction of sp³-hybridized carbons (Fsp3) is 0.333. The fourth-order valence-electron chi connectivity index (χ4n) is 1.53. The summed E-state index contributed by atoms with van der Waals surface area (Å²) in [6.07, 6.45) is 2.27. The van der Waals surface area contributed by atoms with Crippen molar-refractivity contribution in [1.29, 1.82) is 5.26 Å². The molecule has 0 bridgehead atoms. The second kappa shape index (κ2) is 7.56. The Bertz CT molecular complexity index is 561. The van der Waals surface area contributed by atoms with Crippen LogP contribution in [0.2, 0.25) is 5.02 Å². The minimum Gasteiger partial charge on any atom is -0.496 e. The summed E-state index contributed by atoms with van der Waals surface area (Å²) in [6, 6.07) is 6.94. The molecule has 1 atom stereocenters. The van der Waals surface area contributed by atoms with Gasteiger partial charge in [-0.1, -0.05) is 18.5 Å². The van der Waals surface area contributed by atoms with E-state index in [1.165, 1.54) is 13.2 Å². The number of halogens is 1. The number of nitriles is 1. The van der Waals surface area contributed by atoms with Crippen molar-refractivity contribution in [2.45, 2.75) is 26.3 Å². The number of hydrogen-bond donors (Lipinski definition) is 1. The lowest BCUT2D eigenvalue weighted by Crippen LogP contribution is -2.32. The molecule has 1 amide bonds. The first-order valence-electron chi connectivity index (χ1n) is 6.28. The van der Waals surface area contributed by atoms with Gasteiger partial charge in [-0.25, -0.2) is 0 Å². The van der Waals surface area contributed by atoms with Crippen LogP contribution in [0, 0.1) is 11.3 Å². The normalized spacial score (nSPS) is 12.4. The Morgan fingerprint density at radius 1 is 1.60 bits per heavy atom. The first-order valence-corrected chi connectivity index (χ1v) is 6.65. The molecule has 0 fully saturated rings. The molecule has 0 heterocycles. The Labute approximate surface area is 124 Å². The van der Waals surface area contributed by atoms with Gasteiger partial charge in [-0.05, 0) is 37.6 Å². The van der Waals surface area contributed by atoms with Crippen molar-refractivity contribution in [3.05, 3.63) is 34.4 Å². The van der Waals surface area contributed by atoms with E-state index in [1.54, 1.807) is 18.2 Å². The molecule has 1 aromatic carbocycles. The van der Waals surface area contributed by atoms with Crippen LogP contribution in [0.5, 0.6) is 5.75 Å². The van der Waals surface area contributed by atoms with Crippen LogP contribution in [0.4, 0.5) is 0 Å². The van der Waals surface area contributed by atoms with Gasteiger partial charge in [0.05, 0.1) is 7.11 Å². The molecule has 0 aliphatic rings. The van der Waals surface area contributed by atoms with E-state index in [0.717, 1.165) is 6.42 Å². The molecule has 1 aromatic rings. The smallest absolute Gasteiger partial charge is 0.262 e. The fourth-order valence-corrected chi connectivity index (χ4v) is 1.71. The van der Waals surface area contributed by atoms with E-state index in [1.807, 2.05) is 19.9 Å². The number of nitrogens with zero attached hydrogens (tertiary/aromatic N) is 1. The Morgan fingerprint density at radius 2 is 2.30 bits per heavy atom. The number of carbonyl (C=O) groups excluding carboxylic acids is 1. The monoisotopic (exact) mass is 292 g/mol. The van der Waals surface area contributed by atoms with Crippen molar-refractivity contribution < 1.29 is 9.53 Å². The number of ether oxygens (including phenoxy) is 1. The molecule has 1 rings (SSSR count). The van der Waals surface area contributed by atoms with Crippen LogP contribution in [0.15, 0.2) is 23.8 Å². The predicted molar refractivity (Wildman–Crippen MR) is 79.5 cm³/mol. The Morgan fingerprint density at radius 3 is 2.85 bits per heavy atom. The number of nitrogens with one attached hydrogen (secondary N) is 1. The van der Waals surface area contributed by atoms with Gasteiger partial charge in [0.25, 0.3) is 5.91 Å². The average molecular weight is 293 g/mol. The molecular weight excluding hydrogens is 276 g/mol. The van der Waals surface area contributed by atoms with Gasteiger partial charge in [0.1, 0.15) is 17.4 Å². The molecule has 0 saturated carbocycles. The molecule has 0 radical (unpaired) electrons. The summed E-state index contributed by atoms with van der Waals surface area (Å²) in [6.45, 7) is 3.84. The molecule has 0 aromatic heterocycles. The van der Waals surface area contributed by atoms with Gasteiger partial charge in [0.15, 0.2) is 0 Å². The van der Waals surface area contributed by atoms with Crippen LogP contribution in [0.3, 0.4) is 0 Å². The zero-order valence-electron chi connectivity index (χ0n) is 11.7. The van der Waals surface area contributed by atoms with Crippen molar-refractivity contribution in [2.75, 3.05) is 7.11 Å². The molecule has 0 unspecified atom stereocenters. The first kappa shape index (κ1) is 16.1.